The van der Waals surface area contributed by atoms with Gasteiger partial charge in [-0.15, -0.1) is 0 Å². The van der Waals surface area contributed by atoms with Gasteiger partial charge >= 0.3 is 12.2 Å². The zero-order chi connectivity index (χ0) is 31.9. The number of halogens is 5. The zero-order valence-corrected chi connectivity index (χ0v) is 23.9. The third-order valence-corrected chi connectivity index (χ3v) is 7.49. The maximum Gasteiger partial charge on any atom is 0.419 e. The van der Waals surface area contributed by atoms with Crippen molar-refractivity contribution >= 4 is 39.1 Å². The summed E-state index contributed by atoms with van der Waals surface area (Å²) in [4.78, 5) is 41.2. The Morgan fingerprint density at radius 2 is 1.56 bits per heavy atom. The van der Waals surface area contributed by atoms with Crippen LogP contribution in [0.15, 0.2) is 60.7 Å². The Morgan fingerprint density at radius 3 is 2.16 bits per heavy atom. The van der Waals surface area contributed by atoms with Gasteiger partial charge < -0.3 is 4.90 Å². The minimum atomic E-state index is -5.06. The van der Waals surface area contributed by atoms with Gasteiger partial charge in [0, 0.05) is 25.1 Å². The number of amides is 3. The molecule has 1 heterocycles. The lowest BCUT2D eigenvalue weighted by Gasteiger charge is -2.28. The van der Waals surface area contributed by atoms with Crippen LogP contribution in [0.2, 0.25) is 0 Å². The first kappa shape index (κ1) is 31.6. The molecule has 0 aromatic heterocycles. The largest absolute Gasteiger partial charge is 0.419 e. The Kier molecular flexibility index (Phi) is 8.38. The fourth-order valence-electron chi connectivity index (χ4n) is 4.69. The average molecular weight is 624 g/mol. The van der Waals surface area contributed by atoms with Gasteiger partial charge in [0.1, 0.15) is 23.0 Å². The molecule has 3 aromatic rings. The number of alkyl halides is 3. The molecule has 3 aromatic carbocycles. The number of carbonyl (C=O) groups is 3. The first-order valence-electron chi connectivity index (χ1n) is 12.8. The lowest BCUT2D eigenvalue weighted by Crippen LogP contribution is -2.43. The predicted molar refractivity (Wildman–Crippen MR) is 148 cm³/mol. The molecule has 0 spiro atoms. The highest BCUT2D eigenvalue weighted by Crippen LogP contribution is 2.38. The number of imide groups is 1. The van der Waals surface area contributed by atoms with E-state index in [2.05, 4.69) is 4.72 Å². The highest BCUT2D eigenvalue weighted by atomic mass is 32.2. The second-order valence-electron chi connectivity index (χ2n) is 10.6. The van der Waals surface area contributed by atoms with Crippen LogP contribution in [0.4, 0.5) is 38.1 Å². The minimum Gasteiger partial charge on any atom is -0.305 e. The Hall–Kier alpha value is -4.33. The molecule has 0 unspecified atom stereocenters. The van der Waals surface area contributed by atoms with E-state index in [1.54, 1.807) is 12.1 Å². The predicted octanol–water partition coefficient (Wildman–Crippen LogP) is 5.46. The van der Waals surface area contributed by atoms with Gasteiger partial charge in [0.05, 0.1) is 17.5 Å². The molecule has 1 aliphatic heterocycles. The molecule has 1 N–H and O–H groups in total. The first-order chi connectivity index (χ1) is 19.9. The summed E-state index contributed by atoms with van der Waals surface area (Å²) in [6, 6.07) is 10.5. The summed E-state index contributed by atoms with van der Waals surface area (Å²) >= 11 is 0. The number of nitrogens with zero attached hydrogens (tertiary/aromatic N) is 2. The number of nitrogens with one attached hydrogen (secondary N) is 1. The van der Waals surface area contributed by atoms with Gasteiger partial charge in [0.25, 0.3) is 5.91 Å². The van der Waals surface area contributed by atoms with E-state index in [1.807, 2.05) is 0 Å². The van der Waals surface area contributed by atoms with Crippen molar-refractivity contribution in [3.63, 3.8) is 0 Å². The number of benzene rings is 3. The maximum absolute atomic E-state index is 14.2. The summed E-state index contributed by atoms with van der Waals surface area (Å²) in [6.07, 6.45) is -4.38. The van der Waals surface area contributed by atoms with Gasteiger partial charge in [0.15, 0.2) is 0 Å². The molecule has 8 nitrogen and oxygen atoms in total. The summed E-state index contributed by atoms with van der Waals surface area (Å²) in [5, 5.41) is 0. The van der Waals surface area contributed by atoms with Crippen molar-refractivity contribution in [3.8, 4) is 0 Å². The van der Waals surface area contributed by atoms with Crippen molar-refractivity contribution in [1.29, 1.82) is 0 Å². The van der Waals surface area contributed by atoms with E-state index >= 15 is 0 Å². The summed E-state index contributed by atoms with van der Waals surface area (Å²) in [6.45, 7) is 2.49. The molecular formula is C29H26F5N3O5S. The molecule has 14 heteroatoms. The number of sulfonamides is 1. The Morgan fingerprint density at radius 1 is 0.907 bits per heavy atom. The van der Waals surface area contributed by atoms with Crippen LogP contribution in [-0.2, 0) is 45.2 Å². The molecule has 0 radical (unpaired) electrons. The molecule has 0 saturated carbocycles. The molecule has 0 bridgehead atoms. The van der Waals surface area contributed by atoms with E-state index < -0.39 is 56.6 Å². The molecule has 0 aliphatic carbocycles. The summed E-state index contributed by atoms with van der Waals surface area (Å²) in [5.74, 6) is -3.40. The summed E-state index contributed by atoms with van der Waals surface area (Å²) < 4.78 is 93.1. The quantitative estimate of drug-likeness (QED) is 0.252. The van der Waals surface area contributed by atoms with Crippen LogP contribution < -0.4 is 9.62 Å². The van der Waals surface area contributed by atoms with Gasteiger partial charge in [-0.3, -0.25) is 14.3 Å². The average Bonchev–Trinajstić information content (AvgIpc) is 3.04. The van der Waals surface area contributed by atoms with Crippen molar-refractivity contribution < 1.29 is 44.8 Å². The van der Waals surface area contributed by atoms with Gasteiger partial charge in [-0.1, -0.05) is 18.2 Å². The monoisotopic (exact) mass is 623 g/mol. The SMILES string of the molecule is CC1(C)C(=O)N(c2ccc(F)c(C(F)(F)F)c2)C(=O)N1Cc1ccc(F)cc1CC(=O)Cc1ccc(NS(C)(=O)=O)cc1. The highest BCUT2D eigenvalue weighted by Gasteiger charge is 2.52. The number of anilines is 2. The van der Waals surface area contributed by atoms with Gasteiger partial charge in [-0.2, -0.15) is 13.2 Å². The topological polar surface area (TPSA) is 104 Å². The number of hydrogen-bond acceptors (Lipinski definition) is 5. The van der Waals surface area contributed by atoms with Crippen molar-refractivity contribution in [2.75, 3.05) is 15.9 Å². The van der Waals surface area contributed by atoms with E-state index in [0.29, 0.717) is 33.8 Å². The third kappa shape index (κ3) is 7.01. The van der Waals surface area contributed by atoms with Crippen LogP contribution in [0.3, 0.4) is 0 Å². The number of hydrogen-bond donors (Lipinski definition) is 1. The summed E-state index contributed by atoms with van der Waals surface area (Å²) in [5.41, 5.74) is -2.22. The van der Waals surface area contributed by atoms with Crippen LogP contribution >= 0.6 is 0 Å². The Labute approximate surface area is 244 Å². The first-order valence-corrected chi connectivity index (χ1v) is 14.6. The van der Waals surface area contributed by atoms with Crippen LogP contribution in [0.25, 0.3) is 0 Å². The minimum absolute atomic E-state index is 0.0678. The van der Waals surface area contributed by atoms with E-state index in [-0.39, 0.29) is 30.7 Å². The Bertz CT molecular complexity index is 1710. The number of ketones is 1. The molecular weight excluding hydrogens is 597 g/mol. The molecule has 1 saturated heterocycles. The highest BCUT2D eigenvalue weighted by molar-refractivity contribution is 7.92. The maximum atomic E-state index is 14.2. The van der Waals surface area contributed by atoms with Crippen LogP contribution in [0.1, 0.15) is 36.1 Å². The lowest BCUT2D eigenvalue weighted by molar-refractivity contribution is -0.140. The molecule has 4 rings (SSSR count). The van der Waals surface area contributed by atoms with Gasteiger partial charge in [-0.25, -0.2) is 26.9 Å². The standard InChI is InChI=1S/C29H26F5N3O5S/c1-28(2)26(39)37(22-10-11-25(31)24(15-22)29(32,33)34)27(40)36(28)16-18-6-7-20(30)13-19(18)14-23(38)12-17-4-8-21(9-5-17)35-43(3,41)42/h4-11,13,15,35H,12,14,16H2,1-3H3. The summed E-state index contributed by atoms with van der Waals surface area (Å²) in [7, 11) is -3.48. The van der Waals surface area contributed by atoms with Gasteiger partial charge in [0.2, 0.25) is 10.0 Å². The van der Waals surface area contributed by atoms with Crippen LogP contribution in [0, 0.1) is 11.6 Å². The molecule has 0 atom stereocenters. The van der Waals surface area contributed by atoms with E-state index in [1.165, 1.54) is 32.0 Å². The second kappa shape index (κ2) is 11.4. The molecule has 3 amide bonds. The fraction of sp³-hybridized carbons (Fsp3) is 0.276. The van der Waals surface area contributed by atoms with Crippen molar-refractivity contribution in [3.05, 3.63) is 94.6 Å². The number of urea groups is 1. The lowest BCUT2D eigenvalue weighted by atomic mass is 9.96. The number of carbonyl (C=O) groups excluding carboxylic acids is 3. The molecule has 228 valence electrons. The van der Waals surface area contributed by atoms with Crippen molar-refractivity contribution in [1.82, 2.24) is 4.90 Å². The number of Topliss-reactive ketones (excluding diaryl/α,β-unsaturated/α-hetero) is 1. The smallest absolute Gasteiger partial charge is 0.305 e. The Balaban J connectivity index is 1.56. The normalized spacial score (nSPS) is 15.3. The fourth-order valence-corrected chi connectivity index (χ4v) is 5.25. The molecule has 1 aliphatic rings. The van der Waals surface area contributed by atoms with E-state index in [0.717, 1.165) is 29.4 Å². The van der Waals surface area contributed by atoms with Crippen molar-refractivity contribution in [2.24, 2.45) is 0 Å². The van der Waals surface area contributed by atoms with E-state index in [4.69, 9.17) is 0 Å². The van der Waals surface area contributed by atoms with E-state index in [9.17, 15) is 44.8 Å². The number of rotatable bonds is 9. The molecule has 1 fully saturated rings. The zero-order valence-electron chi connectivity index (χ0n) is 23.1. The molecule has 43 heavy (non-hydrogen) atoms. The third-order valence-electron chi connectivity index (χ3n) is 6.88. The van der Waals surface area contributed by atoms with Crippen LogP contribution in [-0.4, -0.2) is 42.8 Å². The second-order valence-corrected chi connectivity index (χ2v) is 12.4. The van der Waals surface area contributed by atoms with Gasteiger partial charge in [-0.05, 0) is 73.0 Å². The van der Waals surface area contributed by atoms with Crippen molar-refractivity contribution in [2.45, 2.75) is 44.9 Å². The van der Waals surface area contributed by atoms with Crippen LogP contribution in [0.5, 0.6) is 0 Å².